The maximum Gasteiger partial charge on any atom is 0.343 e. The molecule has 3 rings (SSSR count). The fourth-order valence-corrected chi connectivity index (χ4v) is 4.20. The molecule has 3 aromatic rings. The molecule has 0 saturated carbocycles. The summed E-state index contributed by atoms with van der Waals surface area (Å²) in [5.41, 5.74) is 4.18. The molecule has 0 unspecified atom stereocenters. The number of carbonyl (C=O) groups is 1. The molecule has 4 heteroatoms. The number of nitrogens with zero attached hydrogens (tertiary/aromatic N) is 1. The van der Waals surface area contributed by atoms with Gasteiger partial charge >= 0.3 is 5.97 Å². The van der Waals surface area contributed by atoms with E-state index in [1.54, 1.807) is 24.3 Å². The predicted molar refractivity (Wildman–Crippen MR) is 150 cm³/mol. The normalized spacial score (nSPS) is 11.5. The first-order valence-electron chi connectivity index (χ1n) is 13.6. The van der Waals surface area contributed by atoms with E-state index in [-0.39, 0.29) is 0 Å². The van der Waals surface area contributed by atoms with Crippen molar-refractivity contribution >= 4 is 5.97 Å². The van der Waals surface area contributed by atoms with Crippen molar-refractivity contribution < 1.29 is 14.3 Å². The molecule has 4 nitrogen and oxygen atoms in total. The Morgan fingerprint density at radius 3 is 2.16 bits per heavy atom. The van der Waals surface area contributed by atoms with Gasteiger partial charge in [0.15, 0.2) is 0 Å². The fourth-order valence-electron chi connectivity index (χ4n) is 4.20. The molecule has 0 aliphatic rings. The monoisotopic (exact) mass is 497 g/mol. The van der Waals surface area contributed by atoms with E-state index in [2.05, 4.69) is 26.8 Å². The van der Waals surface area contributed by atoms with Crippen molar-refractivity contribution in [2.24, 2.45) is 5.92 Å². The van der Waals surface area contributed by atoms with Crippen LogP contribution in [0.5, 0.6) is 11.5 Å². The molecule has 3 aromatic carbocycles. The molecule has 194 valence electrons. The molecule has 0 aromatic heterocycles. The van der Waals surface area contributed by atoms with Crippen molar-refractivity contribution in [1.29, 1.82) is 5.26 Å². The van der Waals surface area contributed by atoms with Gasteiger partial charge in [-0.25, -0.2) is 4.79 Å². The van der Waals surface area contributed by atoms with Crippen LogP contribution in [-0.2, 0) is 6.42 Å². The van der Waals surface area contributed by atoms with Crippen molar-refractivity contribution in [3.8, 4) is 28.7 Å². The standard InChI is InChI=1S/C33H39NO3/c1-4-6-7-8-9-10-21-36-31-17-19-32(20-18-31)37-33(35)27-13-11-26(12-14-27)29-16-15-28(22-25(3)5-2)30(23-29)24-34/h11-20,23,25H,4-10,21-22H2,1-3H3/t25-/m0/s1. The Kier molecular flexibility index (Phi) is 11.2. The maximum atomic E-state index is 12.6. The zero-order chi connectivity index (χ0) is 26.5. The Bertz CT molecular complexity index is 1160. The molecule has 0 amide bonds. The van der Waals surface area contributed by atoms with Gasteiger partial charge in [-0.1, -0.05) is 83.6 Å². The van der Waals surface area contributed by atoms with Gasteiger partial charge in [-0.15, -0.1) is 0 Å². The number of unbranched alkanes of at least 4 members (excludes halogenated alkanes) is 5. The first-order valence-corrected chi connectivity index (χ1v) is 13.6. The third-order valence-electron chi connectivity index (χ3n) is 6.75. The average molecular weight is 498 g/mol. The summed E-state index contributed by atoms with van der Waals surface area (Å²) < 4.78 is 11.3. The molecule has 0 aliphatic heterocycles. The first kappa shape index (κ1) is 28.0. The summed E-state index contributed by atoms with van der Waals surface area (Å²) in [6.07, 6.45) is 9.36. The molecule has 0 saturated heterocycles. The lowest BCUT2D eigenvalue weighted by molar-refractivity contribution is 0.0734. The van der Waals surface area contributed by atoms with Crippen LogP contribution in [0.3, 0.4) is 0 Å². The lowest BCUT2D eigenvalue weighted by Crippen LogP contribution is -2.08. The largest absolute Gasteiger partial charge is 0.494 e. The minimum Gasteiger partial charge on any atom is -0.494 e. The van der Waals surface area contributed by atoms with E-state index in [9.17, 15) is 10.1 Å². The highest BCUT2D eigenvalue weighted by Gasteiger charge is 2.11. The Balaban J connectivity index is 1.53. The molecule has 0 aliphatic carbocycles. The van der Waals surface area contributed by atoms with Gasteiger partial charge in [0.25, 0.3) is 0 Å². The van der Waals surface area contributed by atoms with Gasteiger partial charge in [0, 0.05) is 0 Å². The van der Waals surface area contributed by atoms with Crippen LogP contribution in [0.2, 0.25) is 0 Å². The molecule has 0 fully saturated rings. The van der Waals surface area contributed by atoms with E-state index in [0.29, 0.717) is 29.4 Å². The predicted octanol–water partition coefficient (Wildman–Crippen LogP) is 8.77. The molecule has 1 atom stereocenters. The Morgan fingerprint density at radius 1 is 0.838 bits per heavy atom. The molecule has 0 N–H and O–H groups in total. The van der Waals surface area contributed by atoms with Gasteiger partial charge in [0.05, 0.1) is 23.8 Å². The van der Waals surface area contributed by atoms with Crippen LogP contribution in [0.1, 0.15) is 87.2 Å². The van der Waals surface area contributed by atoms with E-state index >= 15 is 0 Å². The van der Waals surface area contributed by atoms with Gasteiger partial charge in [0.2, 0.25) is 0 Å². The summed E-state index contributed by atoms with van der Waals surface area (Å²) >= 11 is 0. The highest BCUT2D eigenvalue weighted by atomic mass is 16.5. The SMILES string of the molecule is CCCCCCCCOc1ccc(OC(=O)c2ccc(-c3ccc(C[C@@H](C)CC)c(C#N)c3)cc2)cc1. The van der Waals surface area contributed by atoms with Crippen molar-refractivity contribution in [3.63, 3.8) is 0 Å². The Labute approximate surface area is 222 Å². The molecule has 0 spiro atoms. The van der Waals surface area contributed by atoms with Crippen LogP contribution < -0.4 is 9.47 Å². The van der Waals surface area contributed by atoms with Gasteiger partial charge < -0.3 is 9.47 Å². The third kappa shape index (κ3) is 8.79. The molecule has 0 heterocycles. The second-order valence-corrected chi connectivity index (χ2v) is 9.76. The summed E-state index contributed by atoms with van der Waals surface area (Å²) in [5.74, 6) is 1.40. The molecule has 37 heavy (non-hydrogen) atoms. The highest BCUT2D eigenvalue weighted by Crippen LogP contribution is 2.25. The quantitative estimate of drug-likeness (QED) is 0.127. The Hall–Kier alpha value is -3.58. The maximum absolute atomic E-state index is 12.6. The number of benzene rings is 3. The molecular weight excluding hydrogens is 458 g/mol. The van der Waals surface area contributed by atoms with Crippen molar-refractivity contribution in [2.45, 2.75) is 72.1 Å². The van der Waals surface area contributed by atoms with E-state index in [1.807, 2.05) is 42.5 Å². The minimum atomic E-state index is -0.408. The van der Waals surface area contributed by atoms with Crippen molar-refractivity contribution in [2.75, 3.05) is 6.61 Å². The second kappa shape index (κ2) is 14.9. The van der Waals surface area contributed by atoms with E-state index < -0.39 is 5.97 Å². The summed E-state index contributed by atoms with van der Waals surface area (Å²) in [6, 6.07) is 22.8. The van der Waals surface area contributed by atoms with Crippen molar-refractivity contribution in [1.82, 2.24) is 0 Å². The summed E-state index contributed by atoms with van der Waals surface area (Å²) in [5, 5.41) is 9.62. The number of ether oxygens (including phenoxy) is 2. The molecule has 0 bridgehead atoms. The van der Waals surface area contributed by atoms with E-state index in [4.69, 9.17) is 9.47 Å². The van der Waals surface area contributed by atoms with Crippen LogP contribution in [0.15, 0.2) is 66.7 Å². The average Bonchev–Trinajstić information content (AvgIpc) is 2.93. The summed E-state index contributed by atoms with van der Waals surface area (Å²) in [7, 11) is 0. The number of hydrogen-bond donors (Lipinski definition) is 0. The van der Waals surface area contributed by atoms with Crippen LogP contribution in [0.4, 0.5) is 0 Å². The number of nitriles is 1. The van der Waals surface area contributed by atoms with Gasteiger partial charge in [-0.3, -0.25) is 0 Å². The second-order valence-electron chi connectivity index (χ2n) is 9.76. The lowest BCUT2D eigenvalue weighted by Gasteiger charge is -2.12. The van der Waals surface area contributed by atoms with E-state index in [0.717, 1.165) is 41.7 Å². The molecular formula is C33H39NO3. The highest BCUT2D eigenvalue weighted by molar-refractivity contribution is 5.91. The van der Waals surface area contributed by atoms with Crippen LogP contribution in [0.25, 0.3) is 11.1 Å². The molecule has 0 radical (unpaired) electrons. The van der Waals surface area contributed by atoms with Gasteiger partial charge in [-0.2, -0.15) is 5.26 Å². The number of carbonyl (C=O) groups excluding carboxylic acids is 1. The van der Waals surface area contributed by atoms with Crippen LogP contribution >= 0.6 is 0 Å². The van der Waals surface area contributed by atoms with Crippen LogP contribution in [0, 0.1) is 17.2 Å². The lowest BCUT2D eigenvalue weighted by atomic mass is 9.93. The minimum absolute atomic E-state index is 0.408. The van der Waals surface area contributed by atoms with Crippen molar-refractivity contribution in [3.05, 3.63) is 83.4 Å². The van der Waals surface area contributed by atoms with Gasteiger partial charge in [-0.05, 0) is 77.9 Å². The number of hydrogen-bond acceptors (Lipinski definition) is 4. The Morgan fingerprint density at radius 2 is 1.49 bits per heavy atom. The topological polar surface area (TPSA) is 59.3 Å². The van der Waals surface area contributed by atoms with Gasteiger partial charge in [0.1, 0.15) is 11.5 Å². The van der Waals surface area contributed by atoms with E-state index in [1.165, 1.54) is 32.1 Å². The third-order valence-corrected chi connectivity index (χ3v) is 6.75. The zero-order valence-corrected chi connectivity index (χ0v) is 22.5. The summed E-state index contributed by atoms with van der Waals surface area (Å²) in [6.45, 7) is 7.29. The smallest absolute Gasteiger partial charge is 0.343 e. The first-order chi connectivity index (χ1) is 18.0. The zero-order valence-electron chi connectivity index (χ0n) is 22.5. The fraction of sp³-hybridized carbons (Fsp3) is 0.394. The number of esters is 1. The van der Waals surface area contributed by atoms with Crippen LogP contribution in [-0.4, -0.2) is 12.6 Å². The summed E-state index contributed by atoms with van der Waals surface area (Å²) in [4.78, 5) is 12.6. The number of rotatable bonds is 14.